The van der Waals surface area contributed by atoms with E-state index in [4.69, 9.17) is 10.8 Å². The number of carboxylic acid groups (broad SMARTS) is 1. The number of aliphatic carboxylic acids is 1. The Morgan fingerprint density at radius 3 is 2.64 bits per heavy atom. The summed E-state index contributed by atoms with van der Waals surface area (Å²) in [6.07, 6.45) is 0. The monoisotopic (exact) mass is 240 g/mol. The predicted molar refractivity (Wildman–Crippen MR) is 49.7 cm³/mol. The maximum Gasteiger partial charge on any atom is 0.393 e. The first-order valence-electron chi connectivity index (χ1n) is 3.36. The highest BCUT2D eigenvalue weighted by Crippen LogP contribution is 2.41. The summed E-state index contributed by atoms with van der Waals surface area (Å²) < 4.78 is 25.6. The van der Waals surface area contributed by atoms with Gasteiger partial charge in [-0.25, -0.2) is 9.78 Å². The van der Waals surface area contributed by atoms with Crippen molar-refractivity contribution in [2.45, 2.75) is 16.4 Å². The number of aryl methyl sites for hydroxylation is 1. The maximum atomic E-state index is 12.7. The number of thioether (sulfide) groups is 1. The molecule has 0 radical (unpaired) electrons. The molecular formula is C6H6F2N2O2S2. The molecule has 4 nitrogen and oxygen atoms in total. The molecule has 0 aliphatic carbocycles. The molecule has 14 heavy (non-hydrogen) atoms. The summed E-state index contributed by atoms with van der Waals surface area (Å²) in [5.74, 6) is -2.17. The number of nitrogen functional groups attached to an aromatic ring is 1. The average Bonchev–Trinajstić information content (AvgIpc) is 2.29. The molecule has 0 unspecified atom stereocenters. The smallest absolute Gasteiger partial charge is 0.393 e. The molecule has 0 saturated carbocycles. The second-order valence-electron chi connectivity index (χ2n) is 2.35. The summed E-state index contributed by atoms with van der Waals surface area (Å²) in [4.78, 5) is 13.8. The van der Waals surface area contributed by atoms with Crippen molar-refractivity contribution in [2.24, 2.45) is 0 Å². The second-order valence-corrected chi connectivity index (χ2v) is 4.76. The van der Waals surface area contributed by atoms with Crippen LogP contribution in [0.5, 0.6) is 0 Å². The molecule has 1 rings (SSSR count). The molecule has 0 aromatic carbocycles. The summed E-state index contributed by atoms with van der Waals surface area (Å²) >= 11 is 0.790. The van der Waals surface area contributed by atoms with Gasteiger partial charge >= 0.3 is 11.2 Å². The first-order chi connectivity index (χ1) is 6.33. The lowest BCUT2D eigenvalue weighted by atomic mass is 10.6. The Labute approximate surface area is 86.1 Å². The van der Waals surface area contributed by atoms with Crippen LogP contribution in [0.1, 0.15) is 5.69 Å². The topological polar surface area (TPSA) is 76.2 Å². The van der Waals surface area contributed by atoms with Crippen LogP contribution in [-0.4, -0.2) is 21.3 Å². The first kappa shape index (κ1) is 11.2. The molecule has 3 N–H and O–H groups in total. The number of anilines is 1. The minimum Gasteiger partial charge on any atom is -0.476 e. The van der Waals surface area contributed by atoms with E-state index in [0.29, 0.717) is 5.69 Å². The van der Waals surface area contributed by atoms with Crippen LogP contribution in [0.2, 0.25) is 0 Å². The van der Waals surface area contributed by atoms with Gasteiger partial charge in [-0.05, 0) is 18.7 Å². The molecule has 0 atom stereocenters. The van der Waals surface area contributed by atoms with Gasteiger partial charge in [0.15, 0.2) is 5.13 Å². The van der Waals surface area contributed by atoms with Gasteiger partial charge in [-0.3, -0.25) is 0 Å². The number of carboxylic acids is 1. The van der Waals surface area contributed by atoms with Crippen molar-refractivity contribution >= 4 is 34.2 Å². The highest BCUT2D eigenvalue weighted by molar-refractivity contribution is 8.02. The number of hydrogen-bond acceptors (Lipinski definition) is 5. The fourth-order valence-electron chi connectivity index (χ4n) is 0.657. The molecule has 0 fully saturated rings. The Balaban J connectivity index is 2.88. The minimum absolute atomic E-state index is 0.0554. The summed E-state index contributed by atoms with van der Waals surface area (Å²) in [6.45, 7) is 1.49. The third-order valence-corrected chi connectivity index (χ3v) is 3.43. The standard InChI is InChI=1S/C6H6F2N2O2S2/c1-2-3(13-5(9)10-2)14-6(7,8)4(11)12/h1H3,(H2,9,10)(H,11,12). The molecule has 78 valence electrons. The van der Waals surface area contributed by atoms with Gasteiger partial charge in [0.1, 0.15) is 0 Å². The molecule has 0 aliphatic rings. The first-order valence-corrected chi connectivity index (χ1v) is 4.99. The van der Waals surface area contributed by atoms with Crippen molar-refractivity contribution in [1.82, 2.24) is 4.98 Å². The minimum atomic E-state index is -3.84. The summed E-state index contributed by atoms with van der Waals surface area (Å²) in [6, 6.07) is 0. The van der Waals surface area contributed by atoms with Crippen LogP contribution in [0.25, 0.3) is 0 Å². The molecule has 0 aliphatic heterocycles. The van der Waals surface area contributed by atoms with E-state index in [9.17, 15) is 13.6 Å². The summed E-state index contributed by atoms with van der Waals surface area (Å²) in [5.41, 5.74) is 5.59. The lowest BCUT2D eigenvalue weighted by molar-refractivity contribution is -0.152. The van der Waals surface area contributed by atoms with Crippen molar-refractivity contribution in [3.63, 3.8) is 0 Å². The van der Waals surface area contributed by atoms with E-state index in [0.717, 1.165) is 11.3 Å². The molecule has 0 amide bonds. The van der Waals surface area contributed by atoms with Crippen molar-refractivity contribution < 1.29 is 18.7 Å². The Kier molecular flexibility index (Phi) is 2.95. The summed E-state index contributed by atoms with van der Waals surface area (Å²) in [5, 5.41) is 4.48. The average molecular weight is 240 g/mol. The quantitative estimate of drug-likeness (QED) is 0.788. The predicted octanol–water partition coefficient (Wildman–Crippen LogP) is 1.80. The van der Waals surface area contributed by atoms with Crippen LogP contribution in [0.4, 0.5) is 13.9 Å². The number of nitrogens with two attached hydrogens (primary N) is 1. The lowest BCUT2D eigenvalue weighted by Gasteiger charge is -2.08. The molecule has 8 heteroatoms. The molecule has 0 spiro atoms. The highest BCUT2D eigenvalue weighted by Gasteiger charge is 2.41. The third kappa shape index (κ3) is 2.32. The molecule has 1 heterocycles. The van der Waals surface area contributed by atoms with Gasteiger partial charge < -0.3 is 10.8 Å². The Morgan fingerprint density at radius 1 is 1.71 bits per heavy atom. The number of rotatable bonds is 3. The Hall–Kier alpha value is -0.890. The van der Waals surface area contributed by atoms with Gasteiger partial charge in [0.05, 0.1) is 9.90 Å². The van der Waals surface area contributed by atoms with Gasteiger partial charge in [0, 0.05) is 0 Å². The van der Waals surface area contributed by atoms with Crippen LogP contribution < -0.4 is 5.73 Å². The van der Waals surface area contributed by atoms with Crippen molar-refractivity contribution in [3.05, 3.63) is 5.69 Å². The largest absolute Gasteiger partial charge is 0.476 e. The highest BCUT2D eigenvalue weighted by atomic mass is 32.2. The molecule has 0 saturated heterocycles. The number of alkyl halides is 2. The van der Waals surface area contributed by atoms with Crippen LogP contribution in [0.3, 0.4) is 0 Å². The van der Waals surface area contributed by atoms with Crippen LogP contribution in [-0.2, 0) is 4.79 Å². The fourth-order valence-corrected chi connectivity index (χ4v) is 2.47. The zero-order chi connectivity index (χ0) is 10.9. The van der Waals surface area contributed by atoms with Crippen molar-refractivity contribution in [3.8, 4) is 0 Å². The van der Waals surface area contributed by atoms with Crippen LogP contribution in [0, 0.1) is 6.92 Å². The third-order valence-electron chi connectivity index (χ3n) is 1.24. The molecule has 1 aromatic heterocycles. The Morgan fingerprint density at radius 2 is 2.29 bits per heavy atom. The Bertz CT molecular complexity index is 367. The number of hydrogen-bond donors (Lipinski definition) is 2. The van der Waals surface area contributed by atoms with E-state index in [-0.39, 0.29) is 21.1 Å². The number of halogens is 2. The van der Waals surface area contributed by atoms with E-state index in [1.54, 1.807) is 0 Å². The van der Waals surface area contributed by atoms with Gasteiger partial charge in [-0.2, -0.15) is 8.78 Å². The number of thiazole rings is 1. The van der Waals surface area contributed by atoms with E-state index in [1.807, 2.05) is 0 Å². The van der Waals surface area contributed by atoms with Gasteiger partial charge in [-0.1, -0.05) is 11.3 Å². The van der Waals surface area contributed by atoms with E-state index >= 15 is 0 Å². The van der Waals surface area contributed by atoms with Crippen LogP contribution in [0.15, 0.2) is 4.21 Å². The van der Waals surface area contributed by atoms with Gasteiger partial charge in [-0.15, -0.1) is 0 Å². The van der Waals surface area contributed by atoms with Crippen LogP contribution >= 0.6 is 23.1 Å². The van der Waals surface area contributed by atoms with Crippen molar-refractivity contribution in [2.75, 3.05) is 5.73 Å². The molecule has 0 bridgehead atoms. The van der Waals surface area contributed by atoms with Crippen molar-refractivity contribution in [1.29, 1.82) is 0 Å². The maximum absolute atomic E-state index is 12.7. The van der Waals surface area contributed by atoms with E-state index in [1.165, 1.54) is 6.92 Å². The zero-order valence-corrected chi connectivity index (χ0v) is 8.59. The normalized spacial score (nSPS) is 11.6. The summed E-state index contributed by atoms with van der Waals surface area (Å²) in [7, 11) is 0. The number of aromatic nitrogens is 1. The zero-order valence-electron chi connectivity index (χ0n) is 6.95. The lowest BCUT2D eigenvalue weighted by Crippen LogP contribution is -2.23. The molecular weight excluding hydrogens is 234 g/mol. The number of nitrogens with zero attached hydrogens (tertiary/aromatic N) is 1. The van der Waals surface area contributed by atoms with Gasteiger partial charge in [0.2, 0.25) is 0 Å². The van der Waals surface area contributed by atoms with E-state index < -0.39 is 11.2 Å². The number of carbonyl (C=O) groups is 1. The van der Waals surface area contributed by atoms with Gasteiger partial charge in [0.25, 0.3) is 0 Å². The fraction of sp³-hybridized carbons (Fsp3) is 0.333. The van der Waals surface area contributed by atoms with E-state index in [2.05, 4.69) is 4.98 Å². The second kappa shape index (κ2) is 3.70. The molecule has 1 aromatic rings. The SMILES string of the molecule is Cc1nc(N)sc1SC(F)(F)C(=O)O.